The van der Waals surface area contributed by atoms with Gasteiger partial charge < -0.3 is 24.7 Å². The predicted molar refractivity (Wildman–Crippen MR) is 125 cm³/mol. The highest BCUT2D eigenvalue weighted by atomic mass is 16.6. The van der Waals surface area contributed by atoms with E-state index in [4.69, 9.17) is 14.9 Å². The van der Waals surface area contributed by atoms with Gasteiger partial charge in [0.15, 0.2) is 0 Å². The third kappa shape index (κ3) is 7.80. The van der Waals surface area contributed by atoms with Gasteiger partial charge in [0.2, 0.25) is 0 Å². The molecule has 3 fully saturated rings. The highest BCUT2D eigenvalue weighted by Crippen LogP contribution is 2.22. The second kappa shape index (κ2) is 12.2. The largest absolute Gasteiger partial charge is 0.478 e. The molecule has 8 nitrogen and oxygen atoms in total. The number of fused-ring (bicyclic) bond motifs is 4. The molecule has 2 bridgehead atoms. The molecule has 0 aliphatic carbocycles. The van der Waals surface area contributed by atoms with E-state index in [0.717, 1.165) is 50.1 Å². The van der Waals surface area contributed by atoms with Gasteiger partial charge in [0.25, 0.3) is 0 Å². The van der Waals surface area contributed by atoms with Crippen molar-refractivity contribution in [1.82, 2.24) is 9.80 Å². The summed E-state index contributed by atoms with van der Waals surface area (Å²) in [6.45, 7) is 3.87. The van der Waals surface area contributed by atoms with E-state index in [0.29, 0.717) is 23.9 Å². The summed E-state index contributed by atoms with van der Waals surface area (Å²) >= 11 is 0. The predicted octanol–water partition coefficient (Wildman–Crippen LogP) is 3.08. The molecule has 34 heavy (non-hydrogen) atoms. The van der Waals surface area contributed by atoms with Gasteiger partial charge in [0.05, 0.1) is 0 Å². The van der Waals surface area contributed by atoms with Gasteiger partial charge in [-0.1, -0.05) is 30.0 Å². The molecule has 0 spiro atoms. The Labute approximate surface area is 198 Å². The Morgan fingerprint density at radius 2 is 1.35 bits per heavy atom. The van der Waals surface area contributed by atoms with Gasteiger partial charge in [-0.25, -0.2) is 14.4 Å². The zero-order chi connectivity index (χ0) is 24.3. The minimum Gasteiger partial charge on any atom is -0.478 e. The number of hydrogen-bond donors (Lipinski definition) is 2. The van der Waals surface area contributed by atoms with Crippen LogP contribution in [0, 0.1) is 11.8 Å². The van der Waals surface area contributed by atoms with Crippen molar-refractivity contribution in [1.29, 1.82) is 0 Å². The first-order valence-electron chi connectivity index (χ1n) is 10.9. The molecule has 0 aromatic heterocycles. The van der Waals surface area contributed by atoms with Gasteiger partial charge in [-0.05, 0) is 49.2 Å². The zero-order valence-corrected chi connectivity index (χ0v) is 18.6. The SMILES string of the molecule is O=C(O)/C=C/C(=O)O.O=C(Oc1ccc(C#Cc2ccccc2)cc1)N1CCN2CCC1CC2. The standard InChI is InChI=1S/C22H22N2O2.C4H4O4/c25-22(24-17-16-23-14-12-20(24)13-15-23)26-21-10-8-19(9-11-21)7-6-18-4-2-1-3-5-18;5-3(6)1-2-4(7)8/h1-5,8-11,20H,12-17H2;1-2H,(H,5,6)(H,7,8)/b;2-1+. The third-order valence-electron chi connectivity index (χ3n) is 5.44. The van der Waals surface area contributed by atoms with Crippen LogP contribution >= 0.6 is 0 Å². The van der Waals surface area contributed by atoms with E-state index in [1.807, 2.05) is 59.5 Å². The molecule has 5 rings (SSSR count). The van der Waals surface area contributed by atoms with Crippen molar-refractivity contribution in [2.24, 2.45) is 0 Å². The highest BCUT2D eigenvalue weighted by molar-refractivity contribution is 5.89. The van der Waals surface area contributed by atoms with Crippen LogP contribution in [0.25, 0.3) is 0 Å². The zero-order valence-electron chi connectivity index (χ0n) is 18.6. The van der Waals surface area contributed by atoms with E-state index in [2.05, 4.69) is 16.7 Å². The first-order valence-corrected chi connectivity index (χ1v) is 10.9. The summed E-state index contributed by atoms with van der Waals surface area (Å²) in [7, 11) is 0. The molecule has 2 N–H and O–H groups in total. The van der Waals surface area contributed by atoms with Gasteiger partial charge >= 0.3 is 18.0 Å². The van der Waals surface area contributed by atoms with Crippen LogP contribution in [0.2, 0.25) is 0 Å². The number of hydrogen-bond acceptors (Lipinski definition) is 5. The van der Waals surface area contributed by atoms with E-state index in [1.165, 1.54) is 0 Å². The first-order chi connectivity index (χ1) is 16.4. The molecule has 0 saturated carbocycles. The third-order valence-corrected chi connectivity index (χ3v) is 5.44. The van der Waals surface area contributed by atoms with Gasteiger partial charge in [0, 0.05) is 55.5 Å². The summed E-state index contributed by atoms with van der Waals surface area (Å²) in [5.41, 5.74) is 1.88. The average Bonchev–Trinajstić information content (AvgIpc) is 3.18. The van der Waals surface area contributed by atoms with Crippen LogP contribution in [-0.4, -0.2) is 70.3 Å². The fraction of sp³-hybridized carbons (Fsp3) is 0.269. The average molecular weight is 463 g/mol. The van der Waals surface area contributed by atoms with E-state index in [-0.39, 0.29) is 6.09 Å². The molecule has 0 radical (unpaired) electrons. The molecule has 3 heterocycles. The molecule has 0 atom stereocenters. The molecule has 3 aliphatic heterocycles. The van der Waals surface area contributed by atoms with Crippen LogP contribution in [0.15, 0.2) is 66.7 Å². The smallest absolute Gasteiger partial charge is 0.415 e. The summed E-state index contributed by atoms with van der Waals surface area (Å²) in [4.78, 5) is 36.0. The molecule has 1 amide bonds. The van der Waals surface area contributed by atoms with Gasteiger partial charge in [0.1, 0.15) is 5.75 Å². The number of carboxylic acid groups (broad SMARTS) is 2. The number of rotatable bonds is 3. The van der Waals surface area contributed by atoms with Crippen LogP contribution in [0.3, 0.4) is 0 Å². The summed E-state index contributed by atoms with van der Waals surface area (Å²) in [6, 6.07) is 17.6. The Morgan fingerprint density at radius 3 is 1.91 bits per heavy atom. The van der Waals surface area contributed by atoms with E-state index in [1.54, 1.807) is 0 Å². The fourth-order valence-electron chi connectivity index (χ4n) is 3.70. The van der Waals surface area contributed by atoms with Crippen molar-refractivity contribution in [2.75, 3.05) is 26.2 Å². The maximum Gasteiger partial charge on any atom is 0.415 e. The lowest BCUT2D eigenvalue weighted by atomic mass is 10.1. The maximum absolute atomic E-state index is 12.6. The van der Waals surface area contributed by atoms with E-state index < -0.39 is 11.9 Å². The van der Waals surface area contributed by atoms with Crippen molar-refractivity contribution >= 4 is 18.0 Å². The Kier molecular flexibility index (Phi) is 8.83. The number of aliphatic carboxylic acids is 2. The van der Waals surface area contributed by atoms with Crippen LogP contribution in [0.1, 0.15) is 24.0 Å². The highest BCUT2D eigenvalue weighted by Gasteiger charge is 2.32. The lowest BCUT2D eigenvalue weighted by molar-refractivity contribution is -0.134. The molecule has 3 saturated heterocycles. The number of carboxylic acids is 2. The molecular weight excluding hydrogens is 436 g/mol. The Balaban J connectivity index is 0.000000350. The van der Waals surface area contributed by atoms with Crippen LogP contribution in [0.4, 0.5) is 4.79 Å². The van der Waals surface area contributed by atoms with Crippen molar-refractivity contribution in [3.8, 4) is 17.6 Å². The lowest BCUT2D eigenvalue weighted by Gasteiger charge is -2.30. The second-order valence-corrected chi connectivity index (χ2v) is 7.78. The molecule has 3 aliphatic rings. The molecule has 0 unspecified atom stereocenters. The number of nitrogens with zero attached hydrogens (tertiary/aromatic N) is 2. The van der Waals surface area contributed by atoms with Crippen LogP contribution in [-0.2, 0) is 9.59 Å². The number of carbonyl (C=O) groups excluding carboxylic acids is 1. The fourth-order valence-corrected chi connectivity index (χ4v) is 3.70. The van der Waals surface area contributed by atoms with Crippen molar-refractivity contribution in [3.63, 3.8) is 0 Å². The van der Waals surface area contributed by atoms with Crippen molar-refractivity contribution in [2.45, 2.75) is 18.9 Å². The topological polar surface area (TPSA) is 107 Å². The number of piperidine rings is 1. The molecular formula is C26H26N2O6. The number of amides is 1. The number of carbonyl (C=O) groups is 3. The lowest BCUT2D eigenvalue weighted by Crippen LogP contribution is -2.43. The summed E-state index contributed by atoms with van der Waals surface area (Å²) < 4.78 is 5.60. The van der Waals surface area contributed by atoms with Gasteiger partial charge in [-0.2, -0.15) is 0 Å². The second-order valence-electron chi connectivity index (χ2n) is 7.78. The van der Waals surface area contributed by atoms with Crippen LogP contribution in [0.5, 0.6) is 5.75 Å². The Morgan fingerprint density at radius 1 is 0.794 bits per heavy atom. The maximum atomic E-state index is 12.6. The number of benzene rings is 2. The van der Waals surface area contributed by atoms with Crippen molar-refractivity contribution < 1.29 is 29.3 Å². The monoisotopic (exact) mass is 462 g/mol. The molecule has 176 valence electrons. The minimum absolute atomic E-state index is 0.234. The summed E-state index contributed by atoms with van der Waals surface area (Å²) in [5.74, 6) is 4.31. The molecule has 2 aromatic rings. The van der Waals surface area contributed by atoms with Crippen LogP contribution < -0.4 is 4.74 Å². The van der Waals surface area contributed by atoms with Gasteiger partial charge in [-0.15, -0.1) is 0 Å². The quantitative estimate of drug-likeness (QED) is 0.533. The number of ether oxygens (including phenoxy) is 1. The Hall–Kier alpha value is -4.09. The van der Waals surface area contributed by atoms with E-state index >= 15 is 0 Å². The normalized spacial score (nSPS) is 18.6. The Bertz CT molecular complexity index is 1060. The summed E-state index contributed by atoms with van der Waals surface area (Å²) in [6.07, 6.45) is 2.97. The van der Waals surface area contributed by atoms with Gasteiger partial charge in [-0.3, -0.25) is 0 Å². The minimum atomic E-state index is -1.26. The van der Waals surface area contributed by atoms with E-state index in [9.17, 15) is 14.4 Å². The molecule has 8 heteroatoms. The van der Waals surface area contributed by atoms with Crippen molar-refractivity contribution in [3.05, 3.63) is 77.9 Å². The first kappa shape index (κ1) is 24.6. The summed E-state index contributed by atoms with van der Waals surface area (Å²) in [5, 5.41) is 15.6. The molecule has 2 aromatic carbocycles.